The zero-order valence-electron chi connectivity index (χ0n) is 21.5. The van der Waals surface area contributed by atoms with E-state index in [4.69, 9.17) is 34.4 Å². The lowest BCUT2D eigenvalue weighted by Crippen LogP contribution is -2.45. The van der Waals surface area contributed by atoms with Gasteiger partial charge in [-0.2, -0.15) is 0 Å². The molecule has 1 aliphatic heterocycles. The number of hydrogen-bond donors (Lipinski definition) is 1. The van der Waals surface area contributed by atoms with Crippen molar-refractivity contribution in [3.8, 4) is 18.1 Å². The van der Waals surface area contributed by atoms with Gasteiger partial charge in [0.15, 0.2) is 17.3 Å². The Balaban J connectivity index is 1.97. The lowest BCUT2D eigenvalue weighted by atomic mass is 9.63. The van der Waals surface area contributed by atoms with Crippen molar-refractivity contribution in [2.75, 3.05) is 13.2 Å². The Morgan fingerprint density at radius 1 is 1.03 bits per heavy atom. The van der Waals surface area contributed by atoms with E-state index in [0.29, 0.717) is 42.4 Å². The summed E-state index contributed by atoms with van der Waals surface area (Å²) in [4.78, 5) is 41.0. The van der Waals surface area contributed by atoms with Crippen LogP contribution in [0.1, 0.15) is 71.3 Å². The second kappa shape index (κ2) is 9.85. The van der Waals surface area contributed by atoms with Gasteiger partial charge in [-0.15, -0.1) is 6.42 Å². The van der Waals surface area contributed by atoms with Gasteiger partial charge >= 0.3 is 5.97 Å². The molecule has 0 radical (unpaired) electrons. The number of carboxylic acids is 1. The summed E-state index contributed by atoms with van der Waals surface area (Å²) in [5, 5.41) is 9.95. The van der Waals surface area contributed by atoms with Crippen molar-refractivity contribution in [1.82, 2.24) is 4.90 Å². The lowest BCUT2D eigenvalue weighted by molar-refractivity contribution is -0.137. The summed E-state index contributed by atoms with van der Waals surface area (Å²) < 4.78 is 5.52. The molecule has 0 bridgehead atoms. The highest BCUT2D eigenvalue weighted by atomic mass is 35.5. The molecule has 196 valence electrons. The Morgan fingerprint density at radius 3 is 1.95 bits per heavy atom. The summed E-state index contributed by atoms with van der Waals surface area (Å²) in [5.74, 6) is 0.945. The number of nitrogens with zero attached hydrogens (tertiary/aromatic N) is 1. The van der Waals surface area contributed by atoms with Crippen LogP contribution in [0.15, 0.2) is 34.7 Å². The van der Waals surface area contributed by atoms with E-state index in [-0.39, 0.29) is 57.8 Å². The zero-order valence-corrected chi connectivity index (χ0v) is 23.1. The molecule has 1 N–H and O–H groups in total. The highest BCUT2D eigenvalue weighted by Crippen LogP contribution is 2.55. The predicted molar refractivity (Wildman–Crippen MR) is 143 cm³/mol. The number of hydrogen-bond acceptors (Lipinski definition) is 5. The van der Waals surface area contributed by atoms with Crippen LogP contribution < -0.4 is 4.74 Å². The normalized spacial score (nSPS) is 20.9. The quantitative estimate of drug-likeness (QED) is 0.432. The van der Waals surface area contributed by atoms with E-state index in [1.807, 2.05) is 32.6 Å². The minimum Gasteiger partial charge on any atom is -0.481 e. The third-order valence-corrected chi connectivity index (χ3v) is 7.79. The molecule has 0 aromatic heterocycles. The van der Waals surface area contributed by atoms with E-state index in [1.165, 1.54) is 0 Å². The summed E-state index contributed by atoms with van der Waals surface area (Å²) >= 11 is 13.1. The van der Waals surface area contributed by atoms with Gasteiger partial charge in [0.1, 0.15) is 6.61 Å². The standard InChI is InChI=1S/C29H31Cl2NO5/c1-6-9-37-27-17(30)10-16(11-18(27)31)24-25-19(12-28(2,3)14-21(25)33)32(8-7-23(35)36)20-13-29(4,5)15-22(34)26(20)24/h1,10-11,24H,7-9,12-15H2,2-5H3,(H,35,36). The molecule has 1 aromatic carbocycles. The van der Waals surface area contributed by atoms with Crippen molar-refractivity contribution in [3.63, 3.8) is 0 Å². The van der Waals surface area contributed by atoms with Crippen LogP contribution in [-0.4, -0.2) is 40.7 Å². The Morgan fingerprint density at radius 2 is 1.51 bits per heavy atom. The van der Waals surface area contributed by atoms with Crippen LogP contribution in [0.3, 0.4) is 0 Å². The average molecular weight is 544 g/mol. The van der Waals surface area contributed by atoms with Crippen molar-refractivity contribution in [2.45, 2.75) is 65.7 Å². The Kier molecular flexibility index (Phi) is 7.27. The number of benzene rings is 1. The van der Waals surface area contributed by atoms with Crippen LogP contribution in [0.25, 0.3) is 0 Å². The van der Waals surface area contributed by atoms with Gasteiger partial charge in [0, 0.05) is 47.8 Å². The molecule has 1 aromatic rings. The molecule has 0 saturated carbocycles. The first-order valence-corrected chi connectivity index (χ1v) is 13.1. The molecule has 0 amide bonds. The minimum absolute atomic E-state index is 0.00745. The first kappa shape index (κ1) is 27.3. The highest BCUT2D eigenvalue weighted by molar-refractivity contribution is 6.37. The van der Waals surface area contributed by atoms with Crippen LogP contribution in [0, 0.1) is 23.2 Å². The minimum atomic E-state index is -0.935. The Labute approximate surface area is 227 Å². The van der Waals surface area contributed by atoms with E-state index in [9.17, 15) is 19.5 Å². The van der Waals surface area contributed by atoms with Gasteiger partial charge in [0.05, 0.1) is 16.5 Å². The molecule has 0 fully saturated rings. The third kappa shape index (κ3) is 5.30. The van der Waals surface area contributed by atoms with Crippen LogP contribution in [0.2, 0.25) is 10.0 Å². The molecule has 37 heavy (non-hydrogen) atoms. The van der Waals surface area contributed by atoms with E-state index in [2.05, 4.69) is 5.92 Å². The molecule has 0 atom stereocenters. The molecule has 2 aliphatic carbocycles. The second-order valence-corrected chi connectivity index (χ2v) is 12.5. The number of allylic oxidation sites excluding steroid dienone is 4. The molecule has 0 spiro atoms. The maximum atomic E-state index is 13.8. The van der Waals surface area contributed by atoms with Crippen LogP contribution >= 0.6 is 23.2 Å². The number of ether oxygens (including phenoxy) is 1. The second-order valence-electron chi connectivity index (χ2n) is 11.6. The fourth-order valence-electron chi connectivity index (χ4n) is 5.86. The average Bonchev–Trinajstić information content (AvgIpc) is 2.74. The van der Waals surface area contributed by atoms with Crippen LogP contribution in [0.4, 0.5) is 0 Å². The number of rotatable bonds is 6. The van der Waals surface area contributed by atoms with Gasteiger partial charge < -0.3 is 14.7 Å². The van der Waals surface area contributed by atoms with Crippen LogP contribution in [-0.2, 0) is 14.4 Å². The SMILES string of the molecule is C#CCOc1c(Cl)cc(C2C3=C(CC(C)(C)CC3=O)N(CCC(=O)O)C3=C2C(=O)CC(C)(C)C3)cc1Cl. The lowest BCUT2D eigenvalue weighted by Gasteiger charge is -2.49. The van der Waals surface area contributed by atoms with E-state index in [1.54, 1.807) is 12.1 Å². The molecular formula is C29H31Cl2NO5. The fourth-order valence-corrected chi connectivity index (χ4v) is 6.47. The fraction of sp³-hybridized carbons (Fsp3) is 0.483. The van der Waals surface area contributed by atoms with E-state index < -0.39 is 11.9 Å². The molecule has 6 nitrogen and oxygen atoms in total. The van der Waals surface area contributed by atoms with Gasteiger partial charge in [0.2, 0.25) is 0 Å². The van der Waals surface area contributed by atoms with Crippen molar-refractivity contribution >= 4 is 40.7 Å². The summed E-state index contributed by atoms with van der Waals surface area (Å²) in [6.07, 6.45) is 7.01. The number of Topliss-reactive ketones (excluding diaryl/α,β-unsaturated/α-hetero) is 2. The zero-order chi connectivity index (χ0) is 27.3. The van der Waals surface area contributed by atoms with Gasteiger partial charge in [-0.3, -0.25) is 14.4 Å². The summed E-state index contributed by atoms with van der Waals surface area (Å²) in [5.41, 5.74) is 2.64. The van der Waals surface area contributed by atoms with E-state index in [0.717, 1.165) is 11.4 Å². The van der Waals surface area contributed by atoms with Crippen molar-refractivity contribution in [3.05, 3.63) is 50.3 Å². The monoisotopic (exact) mass is 543 g/mol. The van der Waals surface area contributed by atoms with Gasteiger partial charge in [-0.1, -0.05) is 56.8 Å². The Bertz CT molecular complexity index is 1220. The van der Waals surface area contributed by atoms with Crippen molar-refractivity contribution in [1.29, 1.82) is 0 Å². The number of ketones is 2. The smallest absolute Gasteiger partial charge is 0.305 e. The molecule has 8 heteroatoms. The van der Waals surface area contributed by atoms with Crippen molar-refractivity contribution in [2.24, 2.45) is 10.8 Å². The summed E-state index contributed by atoms with van der Waals surface area (Å²) in [6.45, 7) is 8.31. The van der Waals surface area contributed by atoms with Gasteiger partial charge in [-0.05, 0) is 41.4 Å². The number of terminal acetylenes is 1. The number of carbonyl (C=O) groups excluding carboxylic acids is 2. The number of halogens is 2. The predicted octanol–water partition coefficient (Wildman–Crippen LogP) is 6.17. The highest BCUT2D eigenvalue weighted by Gasteiger charge is 2.49. The largest absolute Gasteiger partial charge is 0.481 e. The Hall–Kier alpha value is -2.75. The topological polar surface area (TPSA) is 83.9 Å². The maximum Gasteiger partial charge on any atom is 0.305 e. The van der Waals surface area contributed by atoms with Crippen molar-refractivity contribution < 1.29 is 24.2 Å². The first-order valence-electron chi connectivity index (χ1n) is 12.3. The van der Waals surface area contributed by atoms with E-state index >= 15 is 0 Å². The number of aliphatic carboxylic acids is 1. The molecule has 3 aliphatic rings. The van der Waals surface area contributed by atoms with Gasteiger partial charge in [0.25, 0.3) is 0 Å². The molecule has 1 heterocycles. The first-order chi connectivity index (χ1) is 17.2. The molecule has 4 rings (SSSR count). The van der Waals surface area contributed by atoms with Gasteiger partial charge in [-0.25, -0.2) is 0 Å². The molecular weight excluding hydrogens is 513 g/mol. The number of carbonyl (C=O) groups is 3. The molecule has 0 unspecified atom stereocenters. The summed E-state index contributed by atoms with van der Waals surface area (Å²) in [6, 6.07) is 3.37. The summed E-state index contributed by atoms with van der Waals surface area (Å²) in [7, 11) is 0. The van der Waals surface area contributed by atoms with Crippen LogP contribution in [0.5, 0.6) is 5.75 Å². The molecule has 0 saturated heterocycles. The third-order valence-electron chi connectivity index (χ3n) is 7.22. The number of carboxylic acid groups (broad SMARTS) is 1. The maximum absolute atomic E-state index is 13.8.